The molecular weight excluding hydrogens is 274 g/mol. The number of aromatic amines is 1. The molecule has 2 heterocycles. The number of H-pyrrole nitrogens is 1. The Hall–Kier alpha value is -2.15. The fourth-order valence-electron chi connectivity index (χ4n) is 2.90. The van der Waals surface area contributed by atoms with Gasteiger partial charge in [-0.05, 0) is 31.7 Å². The summed E-state index contributed by atoms with van der Waals surface area (Å²) < 4.78 is 6.27. The Morgan fingerprint density at radius 2 is 2.14 bits per heavy atom. The van der Waals surface area contributed by atoms with E-state index in [1.54, 1.807) is 10.6 Å². The quantitative estimate of drug-likeness (QED) is 0.804. The molecule has 0 bridgehead atoms. The molecule has 7 heteroatoms. The molecule has 0 unspecified atom stereocenters. The monoisotopic (exact) mass is 291 g/mol. The Labute approximate surface area is 120 Å². The van der Waals surface area contributed by atoms with Crippen LogP contribution in [-0.4, -0.2) is 38.8 Å². The van der Waals surface area contributed by atoms with Gasteiger partial charge in [0.15, 0.2) is 5.65 Å². The number of imidazole rings is 1. The second kappa shape index (κ2) is 5.33. The summed E-state index contributed by atoms with van der Waals surface area (Å²) in [7, 11) is 1.30. The predicted molar refractivity (Wildman–Crippen MR) is 75.2 cm³/mol. The van der Waals surface area contributed by atoms with Crippen LogP contribution in [0.25, 0.3) is 11.2 Å². The highest BCUT2D eigenvalue weighted by atomic mass is 16.5. The van der Waals surface area contributed by atoms with Crippen molar-refractivity contribution in [2.24, 2.45) is 0 Å². The van der Waals surface area contributed by atoms with Gasteiger partial charge in [0.1, 0.15) is 0 Å². The number of methoxy groups -OCH3 is 1. The summed E-state index contributed by atoms with van der Waals surface area (Å²) in [5.74, 6) is -0.487. The minimum Gasteiger partial charge on any atom is -0.465 e. The van der Waals surface area contributed by atoms with Crippen LogP contribution in [0.15, 0.2) is 17.1 Å². The Bertz CT molecular complexity index is 725. The van der Waals surface area contributed by atoms with Crippen molar-refractivity contribution in [1.29, 1.82) is 0 Å². The highest BCUT2D eigenvalue weighted by molar-refractivity contribution is 5.92. The van der Waals surface area contributed by atoms with Crippen molar-refractivity contribution in [3.8, 4) is 0 Å². The molecule has 3 rings (SSSR count). The maximum atomic E-state index is 12.2. The summed E-state index contributed by atoms with van der Waals surface area (Å²) in [4.78, 5) is 30.6. The largest absolute Gasteiger partial charge is 0.465 e. The lowest BCUT2D eigenvalue weighted by atomic mass is 9.93. The normalized spacial score (nSPS) is 22.4. The molecule has 1 fully saturated rings. The van der Waals surface area contributed by atoms with E-state index in [-0.39, 0.29) is 17.8 Å². The Morgan fingerprint density at radius 1 is 1.43 bits per heavy atom. The molecule has 0 aromatic carbocycles. The predicted octanol–water partition coefficient (Wildman–Crippen LogP) is 0.987. The van der Waals surface area contributed by atoms with Gasteiger partial charge in [-0.2, -0.15) is 0 Å². The number of nitrogens with zero attached hydrogens (tertiary/aromatic N) is 2. The van der Waals surface area contributed by atoms with Crippen LogP contribution in [-0.2, 0) is 4.74 Å². The van der Waals surface area contributed by atoms with Gasteiger partial charge in [-0.1, -0.05) is 0 Å². The molecule has 0 amide bonds. The molecule has 0 radical (unpaired) electrons. The maximum Gasteiger partial charge on any atom is 0.339 e. The van der Waals surface area contributed by atoms with Crippen LogP contribution in [0.5, 0.6) is 0 Å². The van der Waals surface area contributed by atoms with E-state index in [9.17, 15) is 14.7 Å². The van der Waals surface area contributed by atoms with Crippen LogP contribution >= 0.6 is 0 Å². The molecular formula is C14H17N3O4. The standard InChI is InChI=1S/C14H17N3O4/c1-21-13(19)8-6-11-12(15-7-8)17(14(20)16-11)9-2-4-10(18)5-3-9/h6-7,9-10,18H,2-5H2,1H3,(H,16,20)/t9-,10-. The molecule has 7 nitrogen and oxygen atoms in total. The number of ether oxygens (including phenoxy) is 1. The van der Waals surface area contributed by atoms with Gasteiger partial charge in [0, 0.05) is 12.2 Å². The van der Waals surface area contributed by atoms with Crippen molar-refractivity contribution in [2.75, 3.05) is 7.11 Å². The number of carbonyl (C=O) groups excluding carboxylic acids is 1. The molecule has 2 aromatic heterocycles. The number of rotatable bonds is 2. The van der Waals surface area contributed by atoms with Gasteiger partial charge in [0.2, 0.25) is 0 Å². The third kappa shape index (κ3) is 2.44. The van der Waals surface area contributed by atoms with Crippen LogP contribution in [0.2, 0.25) is 0 Å². The van der Waals surface area contributed by atoms with Crippen LogP contribution in [0.3, 0.4) is 0 Å². The third-order valence-corrected chi connectivity index (χ3v) is 4.01. The molecule has 2 aromatic rings. The number of hydrogen-bond acceptors (Lipinski definition) is 5. The SMILES string of the molecule is COC(=O)c1cnc2c(c1)[nH]c(=O)n2[C@H]1CC[C@H](O)CC1. The number of aliphatic hydroxyl groups excluding tert-OH is 1. The number of fused-ring (bicyclic) bond motifs is 1. The van der Waals surface area contributed by atoms with Gasteiger partial charge >= 0.3 is 11.7 Å². The van der Waals surface area contributed by atoms with Gasteiger partial charge in [-0.15, -0.1) is 0 Å². The van der Waals surface area contributed by atoms with E-state index in [2.05, 4.69) is 14.7 Å². The average molecular weight is 291 g/mol. The Balaban J connectivity index is 2.02. The zero-order chi connectivity index (χ0) is 15.0. The fourth-order valence-corrected chi connectivity index (χ4v) is 2.90. The number of hydrogen-bond donors (Lipinski definition) is 2. The Morgan fingerprint density at radius 3 is 2.81 bits per heavy atom. The number of esters is 1. The second-order valence-electron chi connectivity index (χ2n) is 5.35. The lowest BCUT2D eigenvalue weighted by Gasteiger charge is -2.25. The number of pyridine rings is 1. The first-order valence-electron chi connectivity index (χ1n) is 6.97. The number of carbonyl (C=O) groups is 1. The van der Waals surface area contributed by atoms with Gasteiger partial charge in [-0.3, -0.25) is 4.57 Å². The summed E-state index contributed by atoms with van der Waals surface area (Å²) in [5, 5.41) is 9.57. The van der Waals surface area contributed by atoms with E-state index in [4.69, 9.17) is 0 Å². The summed E-state index contributed by atoms with van der Waals surface area (Å²) in [5.41, 5.74) is 1.13. The van der Waals surface area contributed by atoms with Crippen molar-refractivity contribution in [3.63, 3.8) is 0 Å². The van der Waals surface area contributed by atoms with E-state index in [1.807, 2.05) is 0 Å². The van der Waals surface area contributed by atoms with Crippen molar-refractivity contribution in [2.45, 2.75) is 37.8 Å². The van der Waals surface area contributed by atoms with Gasteiger partial charge < -0.3 is 14.8 Å². The molecule has 2 N–H and O–H groups in total. The van der Waals surface area contributed by atoms with E-state index < -0.39 is 5.97 Å². The molecule has 112 valence electrons. The minimum absolute atomic E-state index is 0.0335. The zero-order valence-corrected chi connectivity index (χ0v) is 11.7. The lowest BCUT2D eigenvalue weighted by molar-refractivity contribution is 0.0600. The molecule has 1 saturated carbocycles. The van der Waals surface area contributed by atoms with Crippen molar-refractivity contribution < 1.29 is 14.6 Å². The van der Waals surface area contributed by atoms with Crippen molar-refractivity contribution in [3.05, 3.63) is 28.3 Å². The number of aliphatic hydroxyl groups is 1. The second-order valence-corrected chi connectivity index (χ2v) is 5.35. The van der Waals surface area contributed by atoms with E-state index in [0.717, 1.165) is 12.8 Å². The highest BCUT2D eigenvalue weighted by Crippen LogP contribution is 2.29. The zero-order valence-electron chi connectivity index (χ0n) is 11.7. The minimum atomic E-state index is -0.487. The van der Waals surface area contributed by atoms with Crippen LogP contribution < -0.4 is 5.69 Å². The molecule has 0 atom stereocenters. The third-order valence-electron chi connectivity index (χ3n) is 4.01. The average Bonchev–Trinajstić information content (AvgIpc) is 2.82. The van der Waals surface area contributed by atoms with Crippen LogP contribution in [0.1, 0.15) is 42.1 Å². The summed E-state index contributed by atoms with van der Waals surface area (Å²) in [6, 6.07) is 1.61. The molecule has 0 saturated heterocycles. The molecule has 21 heavy (non-hydrogen) atoms. The van der Waals surface area contributed by atoms with Gasteiger partial charge in [0.05, 0.1) is 24.3 Å². The number of nitrogens with one attached hydrogen (secondary N) is 1. The topological polar surface area (TPSA) is 97.2 Å². The van der Waals surface area contributed by atoms with E-state index in [0.29, 0.717) is 29.6 Å². The highest BCUT2D eigenvalue weighted by Gasteiger charge is 2.24. The van der Waals surface area contributed by atoms with Crippen molar-refractivity contribution in [1.82, 2.24) is 14.5 Å². The summed E-state index contributed by atoms with van der Waals surface area (Å²) in [6.07, 6.45) is 3.99. The first kappa shape index (κ1) is 13.8. The van der Waals surface area contributed by atoms with Gasteiger partial charge in [-0.25, -0.2) is 14.6 Å². The van der Waals surface area contributed by atoms with Crippen LogP contribution in [0, 0.1) is 0 Å². The molecule has 0 aliphatic heterocycles. The van der Waals surface area contributed by atoms with E-state index >= 15 is 0 Å². The summed E-state index contributed by atoms with van der Waals surface area (Å²) >= 11 is 0. The van der Waals surface area contributed by atoms with Gasteiger partial charge in [0.25, 0.3) is 0 Å². The van der Waals surface area contributed by atoms with Crippen LogP contribution in [0.4, 0.5) is 0 Å². The lowest BCUT2D eigenvalue weighted by Crippen LogP contribution is -2.27. The first-order chi connectivity index (χ1) is 10.1. The van der Waals surface area contributed by atoms with E-state index in [1.165, 1.54) is 13.3 Å². The molecule has 0 spiro atoms. The van der Waals surface area contributed by atoms with Crippen molar-refractivity contribution >= 4 is 17.1 Å². The molecule has 1 aliphatic carbocycles. The maximum absolute atomic E-state index is 12.2. The molecule has 1 aliphatic rings. The smallest absolute Gasteiger partial charge is 0.339 e. The Kier molecular flexibility index (Phi) is 3.50. The summed E-state index contributed by atoms with van der Waals surface area (Å²) in [6.45, 7) is 0. The fraction of sp³-hybridized carbons (Fsp3) is 0.500. The first-order valence-corrected chi connectivity index (χ1v) is 6.97. The number of aromatic nitrogens is 3.